The standard InChI is InChI=1S/C24H25N3O2/c1-18-5-4-8-22(15-18)25-24(29)27-13-11-26(12-14-27)23(28)17-19-9-10-20-6-2-3-7-21(20)16-19/h2-10,15-16H,11-14,17H2,1H3,(H,25,29). The molecule has 0 radical (unpaired) electrons. The molecule has 0 bridgehead atoms. The van der Waals surface area contributed by atoms with Crippen molar-refractivity contribution in [1.82, 2.24) is 9.80 Å². The third kappa shape index (κ3) is 4.57. The Hall–Kier alpha value is -3.34. The zero-order chi connectivity index (χ0) is 20.2. The summed E-state index contributed by atoms with van der Waals surface area (Å²) in [4.78, 5) is 28.8. The maximum absolute atomic E-state index is 12.7. The zero-order valence-electron chi connectivity index (χ0n) is 16.6. The normalized spacial score (nSPS) is 14.1. The van der Waals surface area contributed by atoms with Crippen LogP contribution in [0.5, 0.6) is 0 Å². The van der Waals surface area contributed by atoms with Gasteiger partial charge in [0.2, 0.25) is 5.91 Å². The van der Waals surface area contributed by atoms with Crippen molar-refractivity contribution < 1.29 is 9.59 Å². The molecule has 29 heavy (non-hydrogen) atoms. The van der Waals surface area contributed by atoms with Crippen LogP contribution in [0.3, 0.4) is 0 Å². The first-order chi connectivity index (χ1) is 14.1. The van der Waals surface area contributed by atoms with Gasteiger partial charge < -0.3 is 15.1 Å². The van der Waals surface area contributed by atoms with Crippen molar-refractivity contribution in [3.63, 3.8) is 0 Å². The number of piperazine rings is 1. The van der Waals surface area contributed by atoms with Crippen molar-refractivity contribution in [3.8, 4) is 0 Å². The van der Waals surface area contributed by atoms with E-state index in [0.717, 1.165) is 22.2 Å². The predicted octanol–water partition coefficient (Wildman–Crippen LogP) is 4.07. The molecule has 0 saturated carbocycles. The number of hydrogen-bond donors (Lipinski definition) is 1. The fourth-order valence-corrected chi connectivity index (χ4v) is 3.72. The monoisotopic (exact) mass is 387 g/mol. The van der Waals surface area contributed by atoms with Crippen LogP contribution < -0.4 is 5.32 Å². The van der Waals surface area contributed by atoms with E-state index in [0.29, 0.717) is 32.6 Å². The highest BCUT2D eigenvalue weighted by molar-refractivity contribution is 5.90. The second kappa shape index (κ2) is 8.35. The molecule has 3 aromatic rings. The van der Waals surface area contributed by atoms with E-state index in [4.69, 9.17) is 0 Å². The first-order valence-electron chi connectivity index (χ1n) is 9.96. The van der Waals surface area contributed by atoms with Crippen molar-refractivity contribution >= 4 is 28.4 Å². The molecular weight excluding hydrogens is 362 g/mol. The average molecular weight is 387 g/mol. The van der Waals surface area contributed by atoms with Gasteiger partial charge in [-0.15, -0.1) is 0 Å². The number of nitrogens with zero attached hydrogens (tertiary/aromatic N) is 2. The highest BCUT2D eigenvalue weighted by atomic mass is 16.2. The zero-order valence-corrected chi connectivity index (χ0v) is 16.6. The van der Waals surface area contributed by atoms with Gasteiger partial charge in [-0.3, -0.25) is 4.79 Å². The summed E-state index contributed by atoms with van der Waals surface area (Å²) >= 11 is 0. The number of anilines is 1. The summed E-state index contributed by atoms with van der Waals surface area (Å²) in [6.07, 6.45) is 0.389. The molecular formula is C24H25N3O2. The lowest BCUT2D eigenvalue weighted by molar-refractivity contribution is -0.131. The molecule has 0 spiro atoms. The van der Waals surface area contributed by atoms with Crippen LogP contribution in [-0.4, -0.2) is 47.9 Å². The van der Waals surface area contributed by atoms with Gasteiger partial charge in [0.05, 0.1) is 6.42 Å². The number of carbonyl (C=O) groups is 2. The third-order valence-corrected chi connectivity index (χ3v) is 5.36. The molecule has 1 fully saturated rings. The van der Waals surface area contributed by atoms with Crippen LogP contribution in [0.2, 0.25) is 0 Å². The Morgan fingerprint density at radius 2 is 1.55 bits per heavy atom. The number of amides is 3. The quantitative estimate of drug-likeness (QED) is 0.737. The second-order valence-corrected chi connectivity index (χ2v) is 7.53. The molecule has 1 aliphatic heterocycles. The maximum Gasteiger partial charge on any atom is 0.321 e. The number of benzene rings is 3. The lowest BCUT2D eigenvalue weighted by Gasteiger charge is -2.34. The summed E-state index contributed by atoms with van der Waals surface area (Å²) in [6, 6.07) is 22.0. The number of rotatable bonds is 3. The van der Waals surface area contributed by atoms with Crippen molar-refractivity contribution in [2.45, 2.75) is 13.3 Å². The average Bonchev–Trinajstić information content (AvgIpc) is 2.74. The number of hydrogen-bond acceptors (Lipinski definition) is 2. The van der Waals surface area contributed by atoms with Gasteiger partial charge in [0.15, 0.2) is 0 Å². The van der Waals surface area contributed by atoms with E-state index in [1.54, 1.807) is 4.90 Å². The van der Waals surface area contributed by atoms with Gasteiger partial charge in [0.1, 0.15) is 0 Å². The summed E-state index contributed by atoms with van der Waals surface area (Å²) < 4.78 is 0. The molecule has 0 atom stereocenters. The number of urea groups is 1. The van der Waals surface area contributed by atoms with Gasteiger partial charge in [0, 0.05) is 31.9 Å². The molecule has 0 aromatic heterocycles. The van der Waals surface area contributed by atoms with Gasteiger partial charge in [-0.2, -0.15) is 0 Å². The molecule has 1 aliphatic rings. The highest BCUT2D eigenvalue weighted by Gasteiger charge is 2.24. The topological polar surface area (TPSA) is 52.7 Å². The number of fused-ring (bicyclic) bond motifs is 1. The van der Waals surface area contributed by atoms with Crippen LogP contribution in [0.1, 0.15) is 11.1 Å². The minimum absolute atomic E-state index is 0.110. The summed E-state index contributed by atoms with van der Waals surface area (Å²) in [5.41, 5.74) is 2.92. The fourth-order valence-electron chi connectivity index (χ4n) is 3.72. The molecule has 1 heterocycles. The van der Waals surface area contributed by atoms with Crippen LogP contribution in [0.15, 0.2) is 66.7 Å². The number of aryl methyl sites for hydroxylation is 1. The van der Waals surface area contributed by atoms with Crippen molar-refractivity contribution in [2.24, 2.45) is 0 Å². The number of carbonyl (C=O) groups excluding carboxylic acids is 2. The van der Waals surface area contributed by atoms with E-state index in [-0.39, 0.29) is 11.9 Å². The largest absolute Gasteiger partial charge is 0.339 e. The van der Waals surface area contributed by atoms with E-state index >= 15 is 0 Å². The Bertz CT molecular complexity index is 1040. The SMILES string of the molecule is Cc1cccc(NC(=O)N2CCN(C(=O)Cc3ccc4ccccc4c3)CC2)c1. The van der Waals surface area contributed by atoms with Crippen LogP contribution in [0.4, 0.5) is 10.5 Å². The van der Waals surface area contributed by atoms with Crippen molar-refractivity contribution in [2.75, 3.05) is 31.5 Å². The lowest BCUT2D eigenvalue weighted by atomic mass is 10.0. The van der Waals surface area contributed by atoms with Crippen LogP contribution in [0.25, 0.3) is 10.8 Å². The molecule has 1 N–H and O–H groups in total. The molecule has 148 valence electrons. The molecule has 4 rings (SSSR count). The summed E-state index contributed by atoms with van der Waals surface area (Å²) in [7, 11) is 0. The van der Waals surface area contributed by atoms with Crippen LogP contribution >= 0.6 is 0 Å². The third-order valence-electron chi connectivity index (χ3n) is 5.36. The Kier molecular flexibility index (Phi) is 5.47. The van der Waals surface area contributed by atoms with E-state index in [2.05, 4.69) is 29.6 Å². The molecule has 0 unspecified atom stereocenters. The smallest absolute Gasteiger partial charge is 0.321 e. The van der Waals surface area contributed by atoms with Crippen LogP contribution in [-0.2, 0) is 11.2 Å². The molecule has 3 amide bonds. The Balaban J connectivity index is 1.31. The van der Waals surface area contributed by atoms with E-state index in [9.17, 15) is 9.59 Å². The van der Waals surface area contributed by atoms with Crippen LogP contribution in [0, 0.1) is 6.92 Å². The molecule has 0 aliphatic carbocycles. The molecule has 5 nitrogen and oxygen atoms in total. The fraction of sp³-hybridized carbons (Fsp3) is 0.250. The van der Waals surface area contributed by atoms with Gasteiger partial charge in [-0.25, -0.2) is 4.79 Å². The van der Waals surface area contributed by atoms with Gasteiger partial charge in [-0.1, -0.05) is 54.6 Å². The Morgan fingerprint density at radius 1 is 0.828 bits per heavy atom. The first kappa shape index (κ1) is 19.0. The van der Waals surface area contributed by atoms with Gasteiger partial charge in [0.25, 0.3) is 0 Å². The number of nitrogens with one attached hydrogen (secondary N) is 1. The lowest BCUT2D eigenvalue weighted by Crippen LogP contribution is -2.52. The summed E-state index contributed by atoms with van der Waals surface area (Å²) in [5.74, 6) is 0.110. The summed E-state index contributed by atoms with van der Waals surface area (Å²) in [5, 5.41) is 5.26. The molecule has 3 aromatic carbocycles. The van der Waals surface area contributed by atoms with Gasteiger partial charge >= 0.3 is 6.03 Å². The van der Waals surface area contributed by atoms with Crippen molar-refractivity contribution in [1.29, 1.82) is 0 Å². The Morgan fingerprint density at radius 3 is 2.31 bits per heavy atom. The second-order valence-electron chi connectivity index (χ2n) is 7.53. The van der Waals surface area contributed by atoms with E-state index in [1.807, 2.05) is 54.3 Å². The first-order valence-corrected chi connectivity index (χ1v) is 9.96. The maximum atomic E-state index is 12.7. The predicted molar refractivity (Wildman–Crippen MR) is 116 cm³/mol. The van der Waals surface area contributed by atoms with Gasteiger partial charge in [-0.05, 0) is 41.0 Å². The highest BCUT2D eigenvalue weighted by Crippen LogP contribution is 2.17. The molecule has 1 saturated heterocycles. The molecule has 5 heteroatoms. The minimum atomic E-state index is -0.114. The van der Waals surface area contributed by atoms with E-state index < -0.39 is 0 Å². The summed E-state index contributed by atoms with van der Waals surface area (Å²) in [6.45, 7) is 4.21. The minimum Gasteiger partial charge on any atom is -0.339 e. The van der Waals surface area contributed by atoms with Crippen molar-refractivity contribution in [3.05, 3.63) is 77.9 Å². The Labute approximate surface area is 170 Å². The van der Waals surface area contributed by atoms with E-state index in [1.165, 1.54) is 5.39 Å².